The van der Waals surface area contributed by atoms with E-state index in [1.165, 1.54) is 5.56 Å². The molecule has 0 bridgehead atoms. The number of fused-ring (bicyclic) bond motifs is 1. The minimum Gasteiger partial charge on any atom is -0.353 e. The van der Waals surface area contributed by atoms with Crippen LogP contribution in [0.1, 0.15) is 16.8 Å². The van der Waals surface area contributed by atoms with Gasteiger partial charge in [0.2, 0.25) is 0 Å². The molecule has 0 spiro atoms. The number of aromatic nitrogens is 4. The van der Waals surface area contributed by atoms with Crippen molar-refractivity contribution in [3.8, 4) is 6.07 Å². The summed E-state index contributed by atoms with van der Waals surface area (Å²) in [4.78, 5) is 13.1. The Morgan fingerprint density at radius 3 is 2.29 bits per heavy atom. The van der Waals surface area contributed by atoms with Gasteiger partial charge in [-0.3, -0.25) is 4.98 Å². The summed E-state index contributed by atoms with van der Waals surface area (Å²) in [5.41, 5.74) is 2.73. The Morgan fingerprint density at radius 1 is 0.839 bits per heavy atom. The third-order valence-electron chi connectivity index (χ3n) is 5.65. The molecule has 0 atom stereocenters. The Balaban J connectivity index is 1.37. The van der Waals surface area contributed by atoms with Crippen LogP contribution in [-0.2, 0) is 6.42 Å². The lowest BCUT2D eigenvalue weighted by Gasteiger charge is -2.36. The number of hydrogen-bond acceptors (Lipinski definition) is 7. The zero-order chi connectivity index (χ0) is 21.0. The first-order chi connectivity index (χ1) is 15.3. The predicted molar refractivity (Wildman–Crippen MR) is 120 cm³/mol. The lowest BCUT2D eigenvalue weighted by molar-refractivity contribution is 0.639. The average molecular weight is 407 g/mol. The van der Waals surface area contributed by atoms with Crippen molar-refractivity contribution < 1.29 is 0 Å². The lowest BCUT2D eigenvalue weighted by atomic mass is 10.0. The highest BCUT2D eigenvalue weighted by Gasteiger charge is 2.22. The van der Waals surface area contributed by atoms with E-state index in [1.807, 2.05) is 36.7 Å². The summed E-state index contributed by atoms with van der Waals surface area (Å²) in [5.74, 6) is 1.84. The van der Waals surface area contributed by atoms with E-state index >= 15 is 0 Å². The van der Waals surface area contributed by atoms with Gasteiger partial charge in [0.25, 0.3) is 0 Å². The molecule has 0 unspecified atom stereocenters. The molecule has 31 heavy (non-hydrogen) atoms. The van der Waals surface area contributed by atoms with E-state index in [0.29, 0.717) is 5.56 Å². The van der Waals surface area contributed by atoms with E-state index in [4.69, 9.17) is 5.26 Å². The molecule has 1 aliphatic heterocycles. The summed E-state index contributed by atoms with van der Waals surface area (Å²) in [6, 6.07) is 18.2. The highest BCUT2D eigenvalue weighted by molar-refractivity contribution is 5.93. The van der Waals surface area contributed by atoms with E-state index < -0.39 is 0 Å². The van der Waals surface area contributed by atoms with Gasteiger partial charge in [0, 0.05) is 62.0 Å². The Labute approximate surface area is 180 Å². The van der Waals surface area contributed by atoms with Gasteiger partial charge in [-0.1, -0.05) is 24.3 Å². The molecule has 0 aliphatic carbocycles. The minimum absolute atomic E-state index is 0.580. The van der Waals surface area contributed by atoms with Gasteiger partial charge >= 0.3 is 0 Å². The fourth-order valence-corrected chi connectivity index (χ4v) is 3.99. The second-order valence-corrected chi connectivity index (χ2v) is 7.54. The highest BCUT2D eigenvalue weighted by atomic mass is 15.3. The van der Waals surface area contributed by atoms with Gasteiger partial charge in [-0.25, -0.2) is 4.98 Å². The molecule has 7 nitrogen and oxygen atoms in total. The van der Waals surface area contributed by atoms with Crippen LogP contribution in [0.3, 0.4) is 0 Å². The molecular formula is C24H21N7. The van der Waals surface area contributed by atoms with Crippen LogP contribution >= 0.6 is 0 Å². The monoisotopic (exact) mass is 407 g/mol. The van der Waals surface area contributed by atoms with Crippen LogP contribution in [-0.4, -0.2) is 46.3 Å². The van der Waals surface area contributed by atoms with Crippen molar-refractivity contribution in [1.29, 1.82) is 5.26 Å². The second kappa shape index (κ2) is 8.36. The number of rotatable bonds is 4. The van der Waals surface area contributed by atoms with Gasteiger partial charge in [-0.05, 0) is 29.8 Å². The Kier molecular flexibility index (Phi) is 5.11. The van der Waals surface area contributed by atoms with Gasteiger partial charge in [-0.2, -0.15) is 10.4 Å². The molecule has 0 amide bonds. The molecule has 1 saturated heterocycles. The largest absolute Gasteiger partial charge is 0.353 e. The average Bonchev–Trinajstić information content (AvgIpc) is 2.85. The van der Waals surface area contributed by atoms with Crippen LogP contribution in [0.15, 0.2) is 67.1 Å². The summed E-state index contributed by atoms with van der Waals surface area (Å²) < 4.78 is 0. The maximum Gasteiger partial charge on any atom is 0.159 e. The van der Waals surface area contributed by atoms with E-state index in [-0.39, 0.29) is 0 Å². The fraction of sp³-hybridized carbons (Fsp3) is 0.208. The number of nitrogens with zero attached hydrogens (tertiary/aromatic N) is 7. The van der Waals surface area contributed by atoms with Gasteiger partial charge in [0.05, 0.1) is 11.3 Å². The highest BCUT2D eigenvalue weighted by Crippen LogP contribution is 2.28. The van der Waals surface area contributed by atoms with Crippen LogP contribution < -0.4 is 9.80 Å². The standard InChI is InChI=1S/C24H21N7/c25-16-19-5-6-23(27-17-19)30-11-13-31(14-12-30)24-21-4-2-1-3-20(21)22(28-29-24)15-18-7-9-26-10-8-18/h1-10,17H,11-15H2. The quantitative estimate of drug-likeness (QED) is 0.514. The second-order valence-electron chi connectivity index (χ2n) is 7.54. The Bertz CT molecular complexity index is 1220. The fourth-order valence-electron chi connectivity index (χ4n) is 3.99. The number of nitriles is 1. The van der Waals surface area contributed by atoms with Gasteiger partial charge < -0.3 is 9.80 Å². The summed E-state index contributed by atoms with van der Waals surface area (Å²) in [5, 5.41) is 20.5. The smallest absolute Gasteiger partial charge is 0.159 e. The summed E-state index contributed by atoms with van der Waals surface area (Å²) >= 11 is 0. The van der Waals surface area contributed by atoms with Crippen molar-refractivity contribution in [2.24, 2.45) is 0 Å². The summed E-state index contributed by atoms with van der Waals surface area (Å²) in [7, 11) is 0. The van der Waals surface area contributed by atoms with E-state index in [1.54, 1.807) is 6.20 Å². The maximum absolute atomic E-state index is 8.96. The number of benzene rings is 1. The first-order valence-corrected chi connectivity index (χ1v) is 10.3. The van der Waals surface area contributed by atoms with Crippen LogP contribution in [0.25, 0.3) is 10.8 Å². The van der Waals surface area contributed by atoms with Crippen molar-refractivity contribution >= 4 is 22.4 Å². The molecule has 5 rings (SSSR count). The Morgan fingerprint density at radius 2 is 1.58 bits per heavy atom. The number of pyridine rings is 2. The molecule has 7 heteroatoms. The van der Waals surface area contributed by atoms with Gasteiger partial charge in [-0.15, -0.1) is 5.10 Å². The van der Waals surface area contributed by atoms with Crippen molar-refractivity contribution in [3.63, 3.8) is 0 Å². The molecule has 152 valence electrons. The summed E-state index contributed by atoms with van der Waals surface area (Å²) in [6.07, 6.45) is 5.97. The molecule has 1 fully saturated rings. The third-order valence-corrected chi connectivity index (χ3v) is 5.65. The van der Waals surface area contributed by atoms with Gasteiger partial charge in [0.15, 0.2) is 5.82 Å². The number of hydrogen-bond donors (Lipinski definition) is 0. The molecule has 1 aromatic carbocycles. The normalized spacial score (nSPS) is 13.9. The molecule has 0 saturated carbocycles. The van der Waals surface area contributed by atoms with E-state index in [0.717, 1.165) is 60.7 Å². The SMILES string of the molecule is N#Cc1ccc(N2CCN(c3nnc(Cc4ccncc4)c4ccccc34)CC2)nc1. The minimum atomic E-state index is 0.580. The van der Waals surface area contributed by atoms with E-state index in [9.17, 15) is 0 Å². The molecule has 4 aromatic rings. The van der Waals surface area contributed by atoms with E-state index in [2.05, 4.69) is 60.3 Å². The Hall–Kier alpha value is -4.05. The van der Waals surface area contributed by atoms with Gasteiger partial charge in [0.1, 0.15) is 11.9 Å². The van der Waals surface area contributed by atoms with Crippen LogP contribution in [0.4, 0.5) is 11.6 Å². The zero-order valence-electron chi connectivity index (χ0n) is 17.0. The first-order valence-electron chi connectivity index (χ1n) is 10.3. The molecule has 4 heterocycles. The molecule has 0 radical (unpaired) electrons. The predicted octanol–water partition coefficient (Wildman–Crippen LogP) is 3.21. The number of anilines is 2. The molecule has 3 aromatic heterocycles. The molecule has 1 aliphatic rings. The topological polar surface area (TPSA) is 81.8 Å². The molecular weight excluding hydrogens is 386 g/mol. The maximum atomic E-state index is 8.96. The first kappa shape index (κ1) is 18.9. The third kappa shape index (κ3) is 3.88. The van der Waals surface area contributed by atoms with Crippen molar-refractivity contribution in [1.82, 2.24) is 20.2 Å². The summed E-state index contributed by atoms with van der Waals surface area (Å²) in [6.45, 7) is 3.36. The van der Waals surface area contributed by atoms with Crippen LogP contribution in [0, 0.1) is 11.3 Å². The van der Waals surface area contributed by atoms with Crippen LogP contribution in [0.5, 0.6) is 0 Å². The molecule has 0 N–H and O–H groups in total. The van der Waals surface area contributed by atoms with Crippen molar-refractivity contribution in [2.45, 2.75) is 6.42 Å². The zero-order valence-corrected chi connectivity index (χ0v) is 17.0. The number of piperazine rings is 1. The van der Waals surface area contributed by atoms with Crippen LogP contribution in [0.2, 0.25) is 0 Å². The lowest BCUT2D eigenvalue weighted by Crippen LogP contribution is -2.47. The van der Waals surface area contributed by atoms with Crippen molar-refractivity contribution in [2.75, 3.05) is 36.0 Å². The van der Waals surface area contributed by atoms with Crippen molar-refractivity contribution in [3.05, 3.63) is 83.9 Å².